The molecule has 28 heavy (non-hydrogen) atoms. The van der Waals surface area contributed by atoms with Crippen molar-refractivity contribution in [3.05, 3.63) is 29.8 Å². The van der Waals surface area contributed by atoms with Crippen LogP contribution in [0.4, 0.5) is 13.2 Å². The predicted molar refractivity (Wildman–Crippen MR) is 105 cm³/mol. The maximum absolute atomic E-state index is 12.9. The highest BCUT2D eigenvalue weighted by molar-refractivity contribution is 7.89. The van der Waals surface area contributed by atoms with Gasteiger partial charge in [-0.2, -0.15) is 17.5 Å². The Kier molecular flexibility index (Phi) is 7.45. The average molecular weight is 441 g/mol. The summed E-state index contributed by atoms with van der Waals surface area (Å²) in [5.41, 5.74) is 0.890. The van der Waals surface area contributed by atoms with Gasteiger partial charge in [-0.1, -0.05) is 12.1 Å². The van der Waals surface area contributed by atoms with Gasteiger partial charge in [-0.3, -0.25) is 0 Å². The lowest BCUT2D eigenvalue weighted by Gasteiger charge is -2.37. The van der Waals surface area contributed by atoms with Gasteiger partial charge in [-0.25, -0.2) is 8.42 Å². The Morgan fingerprint density at radius 1 is 1.11 bits per heavy atom. The number of alkyl halides is 3. The number of hydrogen-bond donors (Lipinski definition) is 0. The van der Waals surface area contributed by atoms with Crippen LogP contribution >= 0.6 is 12.4 Å². The molecule has 0 bridgehead atoms. The minimum absolute atomic E-state index is 0. The van der Waals surface area contributed by atoms with Gasteiger partial charge in [-0.15, -0.1) is 12.4 Å². The predicted octanol–water partition coefficient (Wildman–Crippen LogP) is 4.23. The second-order valence-electron chi connectivity index (χ2n) is 7.81. The third-order valence-electron chi connectivity index (χ3n) is 6.07. The quantitative estimate of drug-likeness (QED) is 0.703. The molecule has 1 aromatic carbocycles. The minimum Gasteiger partial charge on any atom is -0.300 e. The van der Waals surface area contributed by atoms with Crippen molar-refractivity contribution in [3.8, 4) is 0 Å². The summed E-state index contributed by atoms with van der Waals surface area (Å²) < 4.78 is 65.8. The van der Waals surface area contributed by atoms with Gasteiger partial charge in [0.1, 0.15) is 0 Å². The Morgan fingerprint density at radius 3 is 2.32 bits per heavy atom. The van der Waals surface area contributed by atoms with Gasteiger partial charge in [-0.05, 0) is 69.8 Å². The van der Waals surface area contributed by atoms with Crippen molar-refractivity contribution in [2.45, 2.75) is 62.2 Å². The molecule has 0 N–H and O–H groups in total. The van der Waals surface area contributed by atoms with Crippen LogP contribution in [-0.4, -0.2) is 56.0 Å². The molecule has 2 aliphatic rings. The fraction of sp³-hybridized carbons (Fsp3) is 0.684. The summed E-state index contributed by atoms with van der Waals surface area (Å²) in [4.78, 5) is 2.41. The molecular weight excluding hydrogens is 413 g/mol. The molecule has 1 saturated heterocycles. The van der Waals surface area contributed by atoms with E-state index in [1.54, 1.807) is 25.2 Å². The first-order valence-electron chi connectivity index (χ1n) is 9.44. The van der Waals surface area contributed by atoms with Crippen LogP contribution in [0.5, 0.6) is 0 Å². The third kappa shape index (κ3) is 5.01. The van der Waals surface area contributed by atoms with Crippen LogP contribution in [0.15, 0.2) is 29.2 Å². The molecule has 0 radical (unpaired) electrons. The Bertz CT molecular complexity index is 765. The fourth-order valence-corrected chi connectivity index (χ4v) is 5.83. The Morgan fingerprint density at radius 2 is 1.75 bits per heavy atom. The SMILES string of the molecule is Cc1cccc(S(=O)(=O)N(C)[C@H]2CC[C@@H](N3CCC(C(F)(F)F)CC3)C2)c1.Cl. The van der Waals surface area contributed by atoms with Gasteiger partial charge >= 0.3 is 6.18 Å². The molecule has 0 amide bonds. The van der Waals surface area contributed by atoms with Crippen LogP contribution < -0.4 is 0 Å². The van der Waals surface area contributed by atoms with E-state index in [0.29, 0.717) is 24.4 Å². The first-order valence-corrected chi connectivity index (χ1v) is 10.9. The second kappa shape index (κ2) is 8.90. The summed E-state index contributed by atoms with van der Waals surface area (Å²) in [6.45, 7) is 2.74. The summed E-state index contributed by atoms with van der Waals surface area (Å²) in [6.07, 6.45) is -1.57. The molecule has 0 aromatic heterocycles. The number of benzene rings is 1. The Labute approximate surface area is 171 Å². The molecule has 0 unspecified atom stereocenters. The van der Waals surface area contributed by atoms with Crippen LogP contribution in [0.2, 0.25) is 0 Å². The molecule has 4 nitrogen and oxygen atoms in total. The summed E-state index contributed by atoms with van der Waals surface area (Å²) in [6, 6.07) is 6.92. The molecule has 0 spiro atoms. The van der Waals surface area contributed by atoms with Crippen molar-refractivity contribution >= 4 is 22.4 Å². The molecule has 9 heteroatoms. The van der Waals surface area contributed by atoms with Crippen molar-refractivity contribution in [1.29, 1.82) is 0 Å². The fourth-order valence-electron chi connectivity index (χ4n) is 4.33. The van der Waals surface area contributed by atoms with E-state index >= 15 is 0 Å². The average Bonchev–Trinajstić information content (AvgIpc) is 3.10. The molecular formula is C19H28ClF3N2O2S. The molecule has 160 valence electrons. The van der Waals surface area contributed by atoms with Gasteiger partial charge < -0.3 is 4.90 Å². The van der Waals surface area contributed by atoms with E-state index in [2.05, 4.69) is 4.90 Å². The zero-order valence-corrected chi connectivity index (χ0v) is 17.8. The molecule has 1 aromatic rings. The van der Waals surface area contributed by atoms with Gasteiger partial charge in [0.05, 0.1) is 10.8 Å². The number of piperidine rings is 1. The van der Waals surface area contributed by atoms with Crippen molar-refractivity contribution in [2.75, 3.05) is 20.1 Å². The smallest absolute Gasteiger partial charge is 0.300 e. The number of rotatable bonds is 4. The van der Waals surface area contributed by atoms with E-state index in [1.807, 2.05) is 13.0 Å². The summed E-state index contributed by atoms with van der Waals surface area (Å²) in [5, 5.41) is 0. The topological polar surface area (TPSA) is 40.6 Å². The normalized spacial score (nSPS) is 25.1. The van der Waals surface area contributed by atoms with Crippen LogP contribution in [-0.2, 0) is 10.0 Å². The van der Waals surface area contributed by atoms with Crippen LogP contribution in [0.1, 0.15) is 37.7 Å². The maximum atomic E-state index is 12.9. The van der Waals surface area contributed by atoms with E-state index in [-0.39, 0.29) is 37.3 Å². The molecule has 3 rings (SSSR count). The molecule has 1 aliphatic carbocycles. The van der Waals surface area contributed by atoms with Crippen molar-refractivity contribution in [1.82, 2.24) is 9.21 Å². The number of sulfonamides is 1. The number of aryl methyl sites for hydroxylation is 1. The molecule has 1 aliphatic heterocycles. The maximum Gasteiger partial charge on any atom is 0.391 e. The number of hydrogen-bond acceptors (Lipinski definition) is 3. The molecule has 1 saturated carbocycles. The highest BCUT2D eigenvalue weighted by Crippen LogP contribution is 2.37. The number of halogens is 4. The highest BCUT2D eigenvalue weighted by atomic mass is 35.5. The van der Waals surface area contributed by atoms with E-state index in [1.165, 1.54) is 4.31 Å². The second-order valence-corrected chi connectivity index (χ2v) is 9.81. The lowest BCUT2D eigenvalue weighted by molar-refractivity contribution is -0.186. The zero-order valence-electron chi connectivity index (χ0n) is 16.2. The Balaban J connectivity index is 0.00000280. The summed E-state index contributed by atoms with van der Waals surface area (Å²) in [5.74, 6) is -1.20. The van der Waals surface area contributed by atoms with E-state index in [9.17, 15) is 21.6 Å². The standard InChI is InChI=1S/C19H27F3N2O2S.ClH/c1-14-4-3-5-18(12-14)27(25,26)23(2)16-6-7-17(13-16)24-10-8-15(9-11-24)19(20,21)22;/h3-5,12,15-17H,6-11,13H2,1-2H3;1H/t16-,17+;/m0./s1. The lowest BCUT2D eigenvalue weighted by Crippen LogP contribution is -2.44. The molecule has 1 heterocycles. The zero-order chi connectivity index (χ0) is 19.8. The lowest BCUT2D eigenvalue weighted by atomic mass is 9.95. The minimum atomic E-state index is -4.10. The van der Waals surface area contributed by atoms with Gasteiger partial charge in [0.2, 0.25) is 10.0 Å². The number of likely N-dealkylation sites (tertiary alicyclic amines) is 1. The van der Waals surface area contributed by atoms with Crippen LogP contribution in [0.3, 0.4) is 0 Å². The monoisotopic (exact) mass is 440 g/mol. The summed E-state index contributed by atoms with van der Waals surface area (Å²) in [7, 11) is -1.95. The largest absolute Gasteiger partial charge is 0.391 e. The van der Waals surface area contributed by atoms with Crippen molar-refractivity contribution < 1.29 is 21.6 Å². The first-order chi connectivity index (χ1) is 12.6. The highest BCUT2D eigenvalue weighted by Gasteiger charge is 2.43. The first kappa shape index (κ1) is 23.4. The molecule has 2 atom stereocenters. The van der Waals surface area contributed by atoms with Crippen LogP contribution in [0, 0.1) is 12.8 Å². The third-order valence-corrected chi connectivity index (χ3v) is 7.97. The van der Waals surface area contributed by atoms with Gasteiger partial charge in [0.25, 0.3) is 0 Å². The van der Waals surface area contributed by atoms with E-state index < -0.39 is 22.1 Å². The van der Waals surface area contributed by atoms with Crippen LogP contribution in [0.25, 0.3) is 0 Å². The number of nitrogens with zero attached hydrogens (tertiary/aromatic N) is 2. The van der Waals surface area contributed by atoms with Gasteiger partial charge in [0, 0.05) is 19.1 Å². The van der Waals surface area contributed by atoms with E-state index in [4.69, 9.17) is 0 Å². The van der Waals surface area contributed by atoms with Crippen molar-refractivity contribution in [3.63, 3.8) is 0 Å². The Hall–Kier alpha value is -0.830. The molecule has 2 fully saturated rings. The van der Waals surface area contributed by atoms with Crippen molar-refractivity contribution in [2.24, 2.45) is 5.92 Å². The van der Waals surface area contributed by atoms with Gasteiger partial charge in [0.15, 0.2) is 0 Å². The summed E-state index contributed by atoms with van der Waals surface area (Å²) >= 11 is 0. The van der Waals surface area contributed by atoms with E-state index in [0.717, 1.165) is 18.4 Å².